The van der Waals surface area contributed by atoms with Gasteiger partial charge in [0, 0.05) is 30.2 Å². The summed E-state index contributed by atoms with van der Waals surface area (Å²) >= 11 is 0. The molecule has 0 aliphatic rings. The molecular weight excluding hydrogens is 210 g/mol. The highest BCUT2D eigenvalue weighted by molar-refractivity contribution is 5.59. The number of anilines is 1. The molecule has 0 bridgehead atoms. The number of nitrogens with zero attached hydrogens (tertiary/aromatic N) is 2. The number of hydrogen-bond donors (Lipinski definition) is 1. The van der Waals surface area contributed by atoms with Crippen LogP contribution in [0.1, 0.15) is 13.8 Å². The molecule has 0 radical (unpaired) electrons. The second kappa shape index (κ2) is 4.87. The van der Waals surface area contributed by atoms with Crippen molar-refractivity contribution in [2.24, 2.45) is 0 Å². The van der Waals surface area contributed by atoms with Crippen LogP contribution in [0.25, 0.3) is 11.4 Å². The molecule has 1 heterocycles. The maximum Gasteiger partial charge on any atom is 0.140 e. The van der Waals surface area contributed by atoms with Gasteiger partial charge in [0.05, 0.1) is 0 Å². The summed E-state index contributed by atoms with van der Waals surface area (Å²) in [6.45, 7) is 5.04. The fourth-order valence-corrected chi connectivity index (χ4v) is 1.63. The minimum Gasteiger partial charge on any atom is -0.399 e. The van der Waals surface area contributed by atoms with Gasteiger partial charge < -0.3 is 10.3 Å². The van der Waals surface area contributed by atoms with Crippen LogP contribution in [0, 0.1) is 0 Å². The summed E-state index contributed by atoms with van der Waals surface area (Å²) < 4.78 is 2.12. The molecule has 2 N–H and O–H groups in total. The third-order valence-corrected chi connectivity index (χ3v) is 2.58. The Hall–Kier alpha value is -2.03. The first-order valence-corrected chi connectivity index (χ1v) is 5.67. The van der Waals surface area contributed by atoms with Gasteiger partial charge in [0.15, 0.2) is 0 Å². The second-order valence-electron chi connectivity index (χ2n) is 4.31. The Bertz CT molecular complexity index is 517. The third-order valence-electron chi connectivity index (χ3n) is 2.58. The summed E-state index contributed by atoms with van der Waals surface area (Å²) in [6.07, 6.45) is 6.00. The molecule has 0 saturated carbocycles. The van der Waals surface area contributed by atoms with E-state index in [9.17, 15) is 0 Å². The molecule has 1 aromatic carbocycles. The number of imidazole rings is 1. The molecule has 0 aliphatic carbocycles. The lowest BCUT2D eigenvalue weighted by molar-refractivity contribution is 0.824. The van der Waals surface area contributed by atoms with Crippen molar-refractivity contribution in [3.05, 3.63) is 48.3 Å². The second-order valence-corrected chi connectivity index (χ2v) is 4.31. The van der Waals surface area contributed by atoms with Crippen molar-refractivity contribution in [1.82, 2.24) is 9.55 Å². The van der Waals surface area contributed by atoms with E-state index in [0.29, 0.717) is 0 Å². The Kier molecular flexibility index (Phi) is 3.28. The number of allylic oxidation sites excluding steroid dienone is 2. The summed E-state index contributed by atoms with van der Waals surface area (Å²) in [5.74, 6) is 0.975. The predicted octanol–water partition coefficient (Wildman–Crippen LogP) is 3.10. The molecule has 0 spiro atoms. The summed E-state index contributed by atoms with van der Waals surface area (Å²) in [7, 11) is 0. The zero-order valence-electron chi connectivity index (χ0n) is 10.2. The first-order valence-electron chi connectivity index (χ1n) is 5.67. The van der Waals surface area contributed by atoms with Crippen LogP contribution >= 0.6 is 0 Å². The van der Waals surface area contributed by atoms with Crippen molar-refractivity contribution in [3.63, 3.8) is 0 Å². The van der Waals surface area contributed by atoms with Crippen LogP contribution in [-0.2, 0) is 6.54 Å². The van der Waals surface area contributed by atoms with Crippen molar-refractivity contribution < 1.29 is 0 Å². The maximum absolute atomic E-state index is 5.68. The van der Waals surface area contributed by atoms with E-state index in [1.54, 1.807) is 0 Å². The Balaban J connectivity index is 2.30. The first kappa shape index (κ1) is 11.5. The smallest absolute Gasteiger partial charge is 0.140 e. The Morgan fingerprint density at radius 2 is 2.00 bits per heavy atom. The quantitative estimate of drug-likeness (QED) is 0.646. The van der Waals surface area contributed by atoms with E-state index in [-0.39, 0.29) is 0 Å². The topological polar surface area (TPSA) is 43.8 Å². The lowest BCUT2D eigenvalue weighted by Crippen LogP contribution is -1.97. The molecule has 0 aliphatic heterocycles. The van der Waals surface area contributed by atoms with Gasteiger partial charge in [-0.15, -0.1) is 0 Å². The standard InChI is InChI=1S/C14H17N3/c1-11(2)7-9-17-10-8-16-14(17)12-3-5-13(15)6-4-12/h3-8,10H,9,15H2,1-2H3. The van der Waals surface area contributed by atoms with Crippen LogP contribution in [-0.4, -0.2) is 9.55 Å². The van der Waals surface area contributed by atoms with Gasteiger partial charge in [-0.25, -0.2) is 4.98 Å². The van der Waals surface area contributed by atoms with Crippen molar-refractivity contribution in [2.75, 3.05) is 5.73 Å². The Morgan fingerprint density at radius 1 is 1.29 bits per heavy atom. The number of benzene rings is 1. The molecule has 3 heteroatoms. The predicted molar refractivity (Wildman–Crippen MR) is 71.5 cm³/mol. The maximum atomic E-state index is 5.68. The Labute approximate surface area is 102 Å². The normalized spacial score (nSPS) is 10.2. The molecule has 17 heavy (non-hydrogen) atoms. The number of aromatic nitrogens is 2. The van der Waals surface area contributed by atoms with E-state index in [1.165, 1.54) is 5.57 Å². The van der Waals surface area contributed by atoms with Crippen molar-refractivity contribution >= 4 is 5.69 Å². The molecule has 88 valence electrons. The van der Waals surface area contributed by atoms with Crippen LogP contribution in [0.15, 0.2) is 48.3 Å². The van der Waals surface area contributed by atoms with Crippen LogP contribution in [0.3, 0.4) is 0 Å². The monoisotopic (exact) mass is 227 g/mol. The van der Waals surface area contributed by atoms with E-state index in [1.807, 2.05) is 36.7 Å². The van der Waals surface area contributed by atoms with Gasteiger partial charge in [0.1, 0.15) is 5.82 Å². The fourth-order valence-electron chi connectivity index (χ4n) is 1.63. The molecule has 3 nitrogen and oxygen atoms in total. The molecule has 0 atom stereocenters. The van der Waals surface area contributed by atoms with Crippen molar-refractivity contribution in [2.45, 2.75) is 20.4 Å². The average molecular weight is 227 g/mol. The number of nitrogen functional groups attached to an aromatic ring is 1. The lowest BCUT2D eigenvalue weighted by Gasteiger charge is -2.05. The molecule has 1 aromatic heterocycles. The SMILES string of the molecule is CC(C)=CCn1ccnc1-c1ccc(N)cc1. The fraction of sp³-hybridized carbons (Fsp3) is 0.214. The highest BCUT2D eigenvalue weighted by Gasteiger charge is 2.04. The zero-order chi connectivity index (χ0) is 12.3. The van der Waals surface area contributed by atoms with E-state index < -0.39 is 0 Å². The van der Waals surface area contributed by atoms with Crippen LogP contribution < -0.4 is 5.73 Å². The van der Waals surface area contributed by atoms with Crippen LogP contribution in [0.5, 0.6) is 0 Å². The van der Waals surface area contributed by atoms with Gasteiger partial charge in [-0.2, -0.15) is 0 Å². The third kappa shape index (κ3) is 2.75. The van der Waals surface area contributed by atoms with Crippen molar-refractivity contribution in [3.8, 4) is 11.4 Å². The van der Waals surface area contributed by atoms with Crippen LogP contribution in [0.4, 0.5) is 5.69 Å². The number of nitrogens with two attached hydrogens (primary N) is 1. The lowest BCUT2D eigenvalue weighted by atomic mass is 10.2. The van der Waals surface area contributed by atoms with E-state index in [2.05, 4.69) is 29.5 Å². The molecule has 0 unspecified atom stereocenters. The van der Waals surface area contributed by atoms with Gasteiger partial charge in [0.2, 0.25) is 0 Å². The zero-order valence-corrected chi connectivity index (χ0v) is 10.2. The largest absolute Gasteiger partial charge is 0.399 e. The number of rotatable bonds is 3. The van der Waals surface area contributed by atoms with Gasteiger partial charge in [-0.1, -0.05) is 11.6 Å². The number of hydrogen-bond acceptors (Lipinski definition) is 2. The molecule has 0 saturated heterocycles. The van der Waals surface area contributed by atoms with Gasteiger partial charge in [0.25, 0.3) is 0 Å². The summed E-state index contributed by atoms with van der Waals surface area (Å²) in [5.41, 5.74) is 8.85. The summed E-state index contributed by atoms with van der Waals surface area (Å²) in [4.78, 5) is 4.39. The van der Waals surface area contributed by atoms with E-state index >= 15 is 0 Å². The molecular formula is C14H17N3. The van der Waals surface area contributed by atoms with Crippen LogP contribution in [0.2, 0.25) is 0 Å². The first-order chi connectivity index (χ1) is 8.16. The summed E-state index contributed by atoms with van der Waals surface area (Å²) in [5, 5.41) is 0. The minimum absolute atomic E-state index is 0.774. The molecule has 2 aromatic rings. The highest BCUT2D eigenvalue weighted by Crippen LogP contribution is 2.18. The van der Waals surface area contributed by atoms with E-state index in [4.69, 9.17) is 5.73 Å². The van der Waals surface area contributed by atoms with Crippen molar-refractivity contribution in [1.29, 1.82) is 0 Å². The Morgan fingerprint density at radius 3 is 2.65 bits per heavy atom. The molecule has 0 amide bonds. The van der Waals surface area contributed by atoms with Gasteiger partial charge in [-0.05, 0) is 38.1 Å². The molecule has 0 fully saturated rings. The highest BCUT2D eigenvalue weighted by atomic mass is 15.1. The molecule has 2 rings (SSSR count). The van der Waals surface area contributed by atoms with Gasteiger partial charge >= 0.3 is 0 Å². The summed E-state index contributed by atoms with van der Waals surface area (Å²) in [6, 6.07) is 7.79. The average Bonchev–Trinajstić information content (AvgIpc) is 2.75. The van der Waals surface area contributed by atoms with E-state index in [0.717, 1.165) is 23.6 Å². The minimum atomic E-state index is 0.774. The van der Waals surface area contributed by atoms with Gasteiger partial charge in [-0.3, -0.25) is 0 Å².